The fourth-order valence-electron chi connectivity index (χ4n) is 2.56. The minimum absolute atomic E-state index is 0.235. The number of carbonyl (C=O) groups is 1. The Morgan fingerprint density at radius 3 is 2.74 bits per heavy atom. The van der Waals surface area contributed by atoms with Crippen molar-refractivity contribution in [1.82, 2.24) is 5.32 Å². The van der Waals surface area contributed by atoms with Gasteiger partial charge >= 0.3 is 0 Å². The first-order valence-electron chi connectivity index (χ1n) is 6.57. The number of carbonyl (C=O) groups excluding carboxylic acids is 1. The van der Waals surface area contributed by atoms with E-state index >= 15 is 0 Å². The van der Waals surface area contributed by atoms with Crippen molar-refractivity contribution in [2.24, 2.45) is 5.92 Å². The quantitative estimate of drug-likeness (QED) is 0.923. The molecule has 5 heteroatoms. The second kappa shape index (κ2) is 5.79. The van der Waals surface area contributed by atoms with Crippen molar-refractivity contribution >= 4 is 21.8 Å². The molecule has 0 aromatic carbocycles. The molecule has 1 saturated carbocycles. The third kappa shape index (κ3) is 3.19. The molecule has 1 aromatic rings. The fourth-order valence-corrected chi connectivity index (χ4v) is 2.87. The van der Waals surface area contributed by atoms with E-state index in [2.05, 4.69) is 34.2 Å². The zero-order chi connectivity index (χ0) is 13.9. The molecule has 1 aliphatic carbocycles. The lowest BCUT2D eigenvalue weighted by atomic mass is 9.76. The van der Waals surface area contributed by atoms with Crippen LogP contribution >= 0.6 is 15.9 Å². The standard InChI is InChI=1S/C14H17BrN2O2/c1-2-10-5-7-14(9-16,8-6-10)17-13(18)11-3-4-12(15)19-11/h3-4,10H,2,5-8H2,1H3,(H,17,18). The van der Waals surface area contributed by atoms with Crippen molar-refractivity contribution in [3.63, 3.8) is 0 Å². The van der Waals surface area contributed by atoms with E-state index in [1.54, 1.807) is 12.1 Å². The van der Waals surface area contributed by atoms with E-state index in [1.807, 2.05) is 0 Å². The Kier molecular flexibility index (Phi) is 4.31. The molecule has 1 fully saturated rings. The maximum atomic E-state index is 12.1. The zero-order valence-electron chi connectivity index (χ0n) is 10.9. The summed E-state index contributed by atoms with van der Waals surface area (Å²) in [5.41, 5.74) is -0.734. The van der Waals surface area contributed by atoms with Gasteiger partial charge in [0.15, 0.2) is 10.4 Å². The number of rotatable bonds is 3. The number of hydrogen-bond donors (Lipinski definition) is 1. The highest BCUT2D eigenvalue weighted by Crippen LogP contribution is 2.33. The zero-order valence-corrected chi connectivity index (χ0v) is 12.5. The van der Waals surface area contributed by atoms with Crippen LogP contribution in [0.5, 0.6) is 0 Å². The largest absolute Gasteiger partial charge is 0.444 e. The van der Waals surface area contributed by atoms with E-state index in [9.17, 15) is 10.1 Å². The van der Waals surface area contributed by atoms with Gasteiger partial charge in [-0.3, -0.25) is 4.79 Å². The lowest BCUT2D eigenvalue weighted by molar-refractivity contribution is 0.0861. The van der Waals surface area contributed by atoms with E-state index < -0.39 is 5.54 Å². The second-order valence-electron chi connectivity index (χ2n) is 5.10. The summed E-state index contributed by atoms with van der Waals surface area (Å²) < 4.78 is 5.73. The first-order valence-corrected chi connectivity index (χ1v) is 7.37. The third-order valence-corrected chi connectivity index (χ3v) is 4.33. The molecule has 4 nitrogen and oxygen atoms in total. The first-order chi connectivity index (χ1) is 9.08. The van der Waals surface area contributed by atoms with Gasteiger partial charge in [-0.25, -0.2) is 0 Å². The predicted molar refractivity (Wildman–Crippen MR) is 74.5 cm³/mol. The molecule has 1 N–H and O–H groups in total. The molecule has 19 heavy (non-hydrogen) atoms. The van der Waals surface area contributed by atoms with Gasteiger partial charge in [-0.15, -0.1) is 0 Å². The van der Waals surface area contributed by atoms with Gasteiger partial charge in [-0.05, 0) is 59.7 Å². The minimum atomic E-state index is -0.734. The lowest BCUT2D eigenvalue weighted by Gasteiger charge is -2.35. The van der Waals surface area contributed by atoms with Crippen LogP contribution in [-0.4, -0.2) is 11.4 Å². The van der Waals surface area contributed by atoms with E-state index in [0.29, 0.717) is 10.6 Å². The molecule has 2 rings (SSSR count). The van der Waals surface area contributed by atoms with Crippen LogP contribution in [0.25, 0.3) is 0 Å². The highest BCUT2D eigenvalue weighted by Gasteiger charge is 2.37. The van der Waals surface area contributed by atoms with Crippen molar-refractivity contribution in [3.05, 3.63) is 22.6 Å². The van der Waals surface area contributed by atoms with E-state index in [-0.39, 0.29) is 11.7 Å². The van der Waals surface area contributed by atoms with Gasteiger partial charge in [-0.1, -0.05) is 13.3 Å². The van der Waals surface area contributed by atoms with Gasteiger partial charge < -0.3 is 9.73 Å². The average Bonchev–Trinajstić information content (AvgIpc) is 2.86. The Morgan fingerprint density at radius 1 is 1.58 bits per heavy atom. The molecule has 0 spiro atoms. The van der Waals surface area contributed by atoms with E-state index in [0.717, 1.165) is 32.1 Å². The molecule has 0 aliphatic heterocycles. The summed E-state index contributed by atoms with van der Waals surface area (Å²) in [5, 5.41) is 12.2. The summed E-state index contributed by atoms with van der Waals surface area (Å²) in [6.45, 7) is 2.17. The molecule has 0 unspecified atom stereocenters. The molecular weight excluding hydrogens is 308 g/mol. The Morgan fingerprint density at radius 2 is 2.26 bits per heavy atom. The van der Waals surface area contributed by atoms with Crippen LogP contribution in [0.15, 0.2) is 21.2 Å². The number of halogens is 1. The highest BCUT2D eigenvalue weighted by molar-refractivity contribution is 9.10. The molecule has 1 aliphatic rings. The van der Waals surface area contributed by atoms with Gasteiger partial charge in [0.25, 0.3) is 5.91 Å². The summed E-state index contributed by atoms with van der Waals surface area (Å²) in [4.78, 5) is 12.1. The SMILES string of the molecule is CCC1CCC(C#N)(NC(=O)c2ccc(Br)o2)CC1. The monoisotopic (exact) mass is 324 g/mol. The molecule has 1 aromatic heterocycles. The van der Waals surface area contributed by atoms with Gasteiger partial charge in [0.05, 0.1) is 6.07 Å². The normalized spacial score (nSPS) is 26.7. The molecular formula is C14H17BrN2O2. The van der Waals surface area contributed by atoms with Crippen LogP contribution in [0.2, 0.25) is 0 Å². The van der Waals surface area contributed by atoms with Crippen molar-refractivity contribution in [1.29, 1.82) is 5.26 Å². The lowest BCUT2D eigenvalue weighted by Crippen LogP contribution is -2.49. The van der Waals surface area contributed by atoms with Crippen LogP contribution in [0.4, 0.5) is 0 Å². The average molecular weight is 325 g/mol. The summed E-state index contributed by atoms with van der Waals surface area (Å²) in [7, 11) is 0. The number of amides is 1. The van der Waals surface area contributed by atoms with Gasteiger partial charge in [-0.2, -0.15) is 5.26 Å². The Hall–Kier alpha value is -1.28. The van der Waals surface area contributed by atoms with Gasteiger partial charge in [0.1, 0.15) is 5.54 Å². The number of nitrogens with zero attached hydrogens (tertiary/aromatic N) is 1. The molecule has 0 bridgehead atoms. The number of nitriles is 1. The van der Waals surface area contributed by atoms with Crippen molar-refractivity contribution in [2.45, 2.75) is 44.6 Å². The van der Waals surface area contributed by atoms with Gasteiger partial charge in [0.2, 0.25) is 0 Å². The molecule has 1 heterocycles. The number of furan rings is 1. The van der Waals surface area contributed by atoms with Crippen molar-refractivity contribution in [3.8, 4) is 6.07 Å². The highest BCUT2D eigenvalue weighted by atomic mass is 79.9. The Bertz CT molecular complexity index is 496. The number of nitrogens with one attached hydrogen (secondary N) is 1. The second-order valence-corrected chi connectivity index (χ2v) is 5.88. The van der Waals surface area contributed by atoms with Gasteiger partial charge in [0, 0.05) is 0 Å². The molecule has 0 atom stereocenters. The maximum absolute atomic E-state index is 12.1. The topological polar surface area (TPSA) is 66.0 Å². The van der Waals surface area contributed by atoms with Crippen LogP contribution in [0, 0.1) is 17.2 Å². The summed E-state index contributed by atoms with van der Waals surface area (Å²) in [6.07, 6.45) is 4.56. The third-order valence-electron chi connectivity index (χ3n) is 3.90. The predicted octanol–water partition coefficient (Wildman–Crippen LogP) is 3.63. The minimum Gasteiger partial charge on any atom is -0.444 e. The molecule has 1 amide bonds. The van der Waals surface area contributed by atoms with Crippen LogP contribution < -0.4 is 5.32 Å². The smallest absolute Gasteiger partial charge is 0.288 e. The first kappa shape index (κ1) is 14.1. The van der Waals surface area contributed by atoms with Crippen molar-refractivity contribution in [2.75, 3.05) is 0 Å². The van der Waals surface area contributed by atoms with E-state index in [4.69, 9.17) is 4.42 Å². The maximum Gasteiger partial charge on any atom is 0.288 e. The van der Waals surface area contributed by atoms with Crippen LogP contribution in [0.1, 0.15) is 49.6 Å². The fraction of sp³-hybridized carbons (Fsp3) is 0.571. The van der Waals surface area contributed by atoms with Crippen LogP contribution in [0.3, 0.4) is 0 Å². The Balaban J connectivity index is 2.04. The summed E-state index contributed by atoms with van der Waals surface area (Å²) in [5.74, 6) is 0.595. The Labute approximate surface area is 121 Å². The van der Waals surface area contributed by atoms with Crippen LogP contribution in [-0.2, 0) is 0 Å². The number of hydrogen-bond acceptors (Lipinski definition) is 3. The van der Waals surface area contributed by atoms with E-state index in [1.165, 1.54) is 0 Å². The summed E-state index contributed by atoms with van der Waals surface area (Å²) >= 11 is 3.16. The molecule has 0 radical (unpaired) electrons. The van der Waals surface area contributed by atoms with Crippen molar-refractivity contribution < 1.29 is 9.21 Å². The molecule has 0 saturated heterocycles. The molecule has 102 valence electrons. The summed E-state index contributed by atoms with van der Waals surface area (Å²) in [6, 6.07) is 5.55.